The van der Waals surface area contributed by atoms with Crippen molar-refractivity contribution in [2.24, 2.45) is 0 Å². The molecule has 1 N–H and O–H groups in total. The number of nitrogens with zero attached hydrogens (tertiary/aromatic N) is 2. The quantitative estimate of drug-likeness (QED) is 0.793. The molecule has 0 bridgehead atoms. The summed E-state index contributed by atoms with van der Waals surface area (Å²) in [6.45, 7) is 3.10. The van der Waals surface area contributed by atoms with Gasteiger partial charge in [0.1, 0.15) is 0 Å². The van der Waals surface area contributed by atoms with Gasteiger partial charge in [0.15, 0.2) is 0 Å². The third-order valence-electron chi connectivity index (χ3n) is 2.58. The molecule has 3 heteroatoms. The summed E-state index contributed by atoms with van der Waals surface area (Å²) in [5.41, 5.74) is 2.41. The average Bonchev–Trinajstić information content (AvgIpc) is 2.74. The summed E-state index contributed by atoms with van der Waals surface area (Å²) in [5.74, 6) is 0. The molecular weight excluding hydrogens is 176 g/mol. The van der Waals surface area contributed by atoms with E-state index in [0.717, 1.165) is 25.8 Å². The summed E-state index contributed by atoms with van der Waals surface area (Å²) >= 11 is 0. The minimum Gasteiger partial charge on any atom is -0.389 e. The van der Waals surface area contributed by atoms with E-state index >= 15 is 0 Å². The molecule has 0 spiro atoms. The molecule has 1 heterocycles. The Morgan fingerprint density at radius 3 is 3.14 bits per heavy atom. The molecule has 1 aliphatic carbocycles. The van der Waals surface area contributed by atoms with Crippen LogP contribution in [0.1, 0.15) is 31.9 Å². The predicted molar refractivity (Wildman–Crippen MR) is 55.7 cm³/mol. The normalized spacial score (nSPS) is 21.3. The maximum Gasteiger partial charge on any atom is 0.0730 e. The summed E-state index contributed by atoms with van der Waals surface area (Å²) in [6.07, 6.45) is 6.43. The number of aryl methyl sites for hydroxylation is 1. The van der Waals surface area contributed by atoms with Gasteiger partial charge in [0.2, 0.25) is 0 Å². The highest BCUT2D eigenvalue weighted by Crippen LogP contribution is 2.27. The molecule has 2 rings (SSSR count). The minimum absolute atomic E-state index is 0.255. The molecule has 14 heavy (non-hydrogen) atoms. The second-order valence-corrected chi connectivity index (χ2v) is 3.74. The Hall–Kier alpha value is -1.09. The molecule has 0 saturated carbocycles. The fourth-order valence-electron chi connectivity index (χ4n) is 1.91. The summed E-state index contributed by atoms with van der Waals surface area (Å²) in [5, 5.41) is 13.7. The Kier molecular flexibility index (Phi) is 2.68. The summed E-state index contributed by atoms with van der Waals surface area (Å²) < 4.78 is 2.02. The molecule has 1 aliphatic rings. The Labute approximate surface area is 84.1 Å². The number of hydrogen-bond donors (Lipinski definition) is 1. The third kappa shape index (κ3) is 1.73. The molecular formula is C11H16N2O. The molecule has 0 fully saturated rings. The van der Waals surface area contributed by atoms with Crippen molar-refractivity contribution in [3.63, 3.8) is 0 Å². The molecule has 0 radical (unpaired) electrons. The first-order chi connectivity index (χ1) is 6.81. The lowest BCUT2D eigenvalue weighted by Gasteiger charge is -2.05. The Morgan fingerprint density at radius 1 is 1.64 bits per heavy atom. The molecule has 1 atom stereocenters. The number of hydrogen-bond acceptors (Lipinski definition) is 2. The first-order valence-electron chi connectivity index (χ1n) is 5.22. The monoisotopic (exact) mass is 192 g/mol. The molecule has 0 aliphatic heterocycles. The van der Waals surface area contributed by atoms with E-state index in [-0.39, 0.29) is 6.10 Å². The molecule has 1 aromatic heterocycles. The number of allylic oxidation sites excluding steroid dienone is 1. The Balaban J connectivity index is 2.23. The van der Waals surface area contributed by atoms with Crippen molar-refractivity contribution in [1.29, 1.82) is 0 Å². The second-order valence-electron chi connectivity index (χ2n) is 3.74. The molecule has 0 aromatic carbocycles. The predicted octanol–water partition coefficient (Wildman–Crippen LogP) is 1.83. The highest BCUT2D eigenvalue weighted by atomic mass is 16.3. The van der Waals surface area contributed by atoms with E-state index in [1.807, 2.05) is 23.0 Å². The first-order valence-corrected chi connectivity index (χ1v) is 5.22. The SMILES string of the molecule is CCCn1nccc1C1=CC(O)CC1. The largest absolute Gasteiger partial charge is 0.389 e. The number of rotatable bonds is 3. The lowest BCUT2D eigenvalue weighted by atomic mass is 10.1. The van der Waals surface area contributed by atoms with Crippen molar-refractivity contribution in [3.05, 3.63) is 24.0 Å². The molecule has 76 valence electrons. The van der Waals surface area contributed by atoms with Crippen LogP contribution in [0.4, 0.5) is 0 Å². The molecule has 3 nitrogen and oxygen atoms in total. The van der Waals surface area contributed by atoms with Gasteiger partial charge in [-0.1, -0.05) is 13.0 Å². The molecule has 0 amide bonds. The van der Waals surface area contributed by atoms with Gasteiger partial charge in [-0.25, -0.2) is 0 Å². The number of aromatic nitrogens is 2. The van der Waals surface area contributed by atoms with Crippen molar-refractivity contribution >= 4 is 5.57 Å². The fourth-order valence-corrected chi connectivity index (χ4v) is 1.91. The van der Waals surface area contributed by atoms with Crippen molar-refractivity contribution < 1.29 is 5.11 Å². The van der Waals surface area contributed by atoms with E-state index in [0.29, 0.717) is 0 Å². The van der Waals surface area contributed by atoms with Crippen LogP contribution in [0, 0.1) is 0 Å². The summed E-state index contributed by atoms with van der Waals surface area (Å²) in [7, 11) is 0. The van der Waals surface area contributed by atoms with Gasteiger partial charge in [-0.3, -0.25) is 4.68 Å². The van der Waals surface area contributed by atoms with Gasteiger partial charge in [-0.05, 0) is 30.9 Å². The maximum absolute atomic E-state index is 9.41. The molecule has 1 unspecified atom stereocenters. The van der Waals surface area contributed by atoms with E-state index in [9.17, 15) is 5.11 Å². The van der Waals surface area contributed by atoms with Crippen LogP contribution in [-0.2, 0) is 6.54 Å². The number of aliphatic hydroxyl groups excluding tert-OH is 1. The van der Waals surface area contributed by atoms with Crippen LogP contribution < -0.4 is 0 Å². The van der Waals surface area contributed by atoms with Gasteiger partial charge >= 0.3 is 0 Å². The van der Waals surface area contributed by atoms with Crippen LogP contribution >= 0.6 is 0 Å². The van der Waals surface area contributed by atoms with Crippen molar-refractivity contribution in [1.82, 2.24) is 9.78 Å². The summed E-state index contributed by atoms with van der Waals surface area (Å²) in [6, 6.07) is 2.03. The van der Waals surface area contributed by atoms with Crippen molar-refractivity contribution in [2.75, 3.05) is 0 Å². The van der Waals surface area contributed by atoms with Crippen LogP contribution in [-0.4, -0.2) is 21.0 Å². The Bertz CT molecular complexity index is 341. The van der Waals surface area contributed by atoms with E-state index in [4.69, 9.17) is 0 Å². The topological polar surface area (TPSA) is 38.0 Å². The van der Waals surface area contributed by atoms with Crippen molar-refractivity contribution in [2.45, 2.75) is 38.8 Å². The third-order valence-corrected chi connectivity index (χ3v) is 2.58. The van der Waals surface area contributed by atoms with Crippen LogP contribution in [0.3, 0.4) is 0 Å². The highest BCUT2D eigenvalue weighted by Gasteiger charge is 2.16. The van der Waals surface area contributed by atoms with Gasteiger partial charge in [0.25, 0.3) is 0 Å². The van der Waals surface area contributed by atoms with E-state index in [1.165, 1.54) is 11.3 Å². The number of aliphatic hydroxyl groups is 1. The van der Waals surface area contributed by atoms with Crippen LogP contribution in [0.5, 0.6) is 0 Å². The van der Waals surface area contributed by atoms with E-state index in [2.05, 4.69) is 12.0 Å². The zero-order valence-corrected chi connectivity index (χ0v) is 8.48. The van der Waals surface area contributed by atoms with Crippen LogP contribution in [0.2, 0.25) is 0 Å². The average molecular weight is 192 g/mol. The molecule has 0 saturated heterocycles. The minimum atomic E-state index is -0.255. The van der Waals surface area contributed by atoms with Gasteiger partial charge in [-0.2, -0.15) is 5.10 Å². The lowest BCUT2D eigenvalue weighted by Crippen LogP contribution is -2.03. The zero-order chi connectivity index (χ0) is 9.97. The smallest absolute Gasteiger partial charge is 0.0730 e. The van der Waals surface area contributed by atoms with Crippen LogP contribution in [0.25, 0.3) is 5.57 Å². The van der Waals surface area contributed by atoms with Gasteiger partial charge in [0.05, 0.1) is 11.8 Å². The highest BCUT2D eigenvalue weighted by molar-refractivity contribution is 5.65. The fraction of sp³-hybridized carbons (Fsp3) is 0.545. The summed E-state index contributed by atoms with van der Waals surface area (Å²) in [4.78, 5) is 0. The van der Waals surface area contributed by atoms with Gasteiger partial charge in [-0.15, -0.1) is 0 Å². The van der Waals surface area contributed by atoms with Crippen LogP contribution in [0.15, 0.2) is 18.3 Å². The maximum atomic E-state index is 9.41. The second kappa shape index (κ2) is 3.96. The first kappa shape index (κ1) is 9.46. The van der Waals surface area contributed by atoms with E-state index < -0.39 is 0 Å². The zero-order valence-electron chi connectivity index (χ0n) is 8.48. The van der Waals surface area contributed by atoms with E-state index in [1.54, 1.807) is 0 Å². The lowest BCUT2D eigenvalue weighted by molar-refractivity contribution is 0.223. The van der Waals surface area contributed by atoms with Gasteiger partial charge < -0.3 is 5.11 Å². The standard InChI is InChI=1S/C11H16N2O/c1-2-7-13-11(5-6-12-13)9-3-4-10(14)8-9/h5-6,8,10,14H,2-4,7H2,1H3. The Morgan fingerprint density at radius 2 is 2.50 bits per heavy atom. The molecule has 1 aromatic rings. The van der Waals surface area contributed by atoms with Gasteiger partial charge in [0, 0.05) is 12.7 Å². The van der Waals surface area contributed by atoms with Crippen molar-refractivity contribution in [3.8, 4) is 0 Å².